The average molecular weight is 501 g/mol. The predicted molar refractivity (Wildman–Crippen MR) is 155 cm³/mol. The van der Waals surface area contributed by atoms with Crippen molar-refractivity contribution in [2.45, 2.75) is 150 Å². The van der Waals surface area contributed by atoms with Crippen LogP contribution < -0.4 is 0 Å². The van der Waals surface area contributed by atoms with Crippen LogP contribution in [0.3, 0.4) is 0 Å². The van der Waals surface area contributed by atoms with Gasteiger partial charge in [0.1, 0.15) is 0 Å². The van der Waals surface area contributed by atoms with E-state index in [1.165, 1.54) is 89.5 Å². The molecule has 0 spiro atoms. The fraction of sp³-hybridized carbons (Fsp3) is 0.939. The third-order valence-electron chi connectivity index (χ3n) is 11.9. The van der Waals surface area contributed by atoms with Gasteiger partial charge in [-0.1, -0.05) is 85.3 Å². The molecule has 4 rings (SSSR count). The highest BCUT2D eigenvalue weighted by atomic mass is 28.4. The summed E-state index contributed by atoms with van der Waals surface area (Å²) in [7, 11) is -1.52. The molecule has 1 unspecified atom stereocenters. The molecule has 0 heterocycles. The fourth-order valence-corrected chi connectivity index (χ4v) is 12.3. The highest BCUT2D eigenvalue weighted by Crippen LogP contribution is 2.67. The van der Waals surface area contributed by atoms with E-state index < -0.39 is 8.32 Å². The van der Waals surface area contributed by atoms with Gasteiger partial charge in [-0.25, -0.2) is 0 Å². The summed E-state index contributed by atoms with van der Waals surface area (Å²) >= 11 is 0. The van der Waals surface area contributed by atoms with Crippen LogP contribution in [0.5, 0.6) is 0 Å². The topological polar surface area (TPSA) is 9.23 Å². The number of fused-ring (bicyclic) bond motifs is 5. The highest BCUT2D eigenvalue weighted by Gasteiger charge is 2.59. The molecule has 0 aromatic carbocycles. The third kappa shape index (κ3) is 5.69. The number of allylic oxidation sites excluding steroid dienone is 1. The second-order valence-electron chi connectivity index (χ2n) is 15.1. The molecule has 0 aliphatic heterocycles. The van der Waals surface area contributed by atoms with Gasteiger partial charge in [0.05, 0.1) is 0 Å². The lowest BCUT2D eigenvalue weighted by atomic mass is 9.47. The van der Waals surface area contributed by atoms with Crippen molar-refractivity contribution >= 4 is 8.32 Å². The smallest absolute Gasteiger partial charge is 0.187 e. The fourth-order valence-electron chi connectivity index (χ4n) is 9.87. The largest absolute Gasteiger partial charge is 0.414 e. The molecule has 4 aliphatic rings. The molecule has 202 valence electrons. The van der Waals surface area contributed by atoms with Crippen molar-refractivity contribution in [1.82, 2.24) is 0 Å². The lowest BCUT2D eigenvalue weighted by Gasteiger charge is -2.58. The van der Waals surface area contributed by atoms with Crippen LogP contribution in [0.4, 0.5) is 0 Å². The van der Waals surface area contributed by atoms with Crippen molar-refractivity contribution in [1.29, 1.82) is 0 Å². The zero-order valence-electron chi connectivity index (χ0n) is 24.9. The summed E-state index contributed by atoms with van der Waals surface area (Å²) in [6.07, 6.45) is 21.5. The first kappa shape index (κ1) is 27.9. The molecule has 35 heavy (non-hydrogen) atoms. The summed E-state index contributed by atoms with van der Waals surface area (Å²) < 4.78 is 6.88. The average Bonchev–Trinajstić information content (AvgIpc) is 3.15. The van der Waals surface area contributed by atoms with Crippen molar-refractivity contribution in [2.75, 3.05) is 0 Å². The Hall–Kier alpha value is -0.0831. The lowest BCUT2D eigenvalue weighted by molar-refractivity contribution is -0.0563. The van der Waals surface area contributed by atoms with E-state index >= 15 is 0 Å². The predicted octanol–water partition coefficient (Wildman–Crippen LogP) is 10.4. The molecule has 0 bridgehead atoms. The summed E-state index contributed by atoms with van der Waals surface area (Å²) in [4.78, 5) is 0. The van der Waals surface area contributed by atoms with Crippen molar-refractivity contribution in [3.63, 3.8) is 0 Å². The molecule has 0 N–H and O–H groups in total. The lowest BCUT2D eigenvalue weighted by Crippen LogP contribution is -2.51. The zero-order valence-corrected chi connectivity index (χ0v) is 25.9. The maximum Gasteiger partial charge on any atom is 0.187 e. The Bertz CT molecular complexity index is 739. The van der Waals surface area contributed by atoms with Gasteiger partial charge in [0.2, 0.25) is 0 Å². The molecular weight excluding hydrogens is 440 g/mol. The van der Waals surface area contributed by atoms with E-state index in [1.807, 2.05) is 0 Å². The summed E-state index contributed by atoms with van der Waals surface area (Å²) in [5.41, 5.74) is 2.87. The first-order valence-corrected chi connectivity index (χ1v) is 19.0. The van der Waals surface area contributed by atoms with Gasteiger partial charge in [-0.05, 0) is 117 Å². The van der Waals surface area contributed by atoms with Crippen LogP contribution in [0.25, 0.3) is 0 Å². The Balaban J connectivity index is 1.42. The normalized spacial score (nSPS) is 40.1. The molecule has 0 amide bonds. The van der Waals surface area contributed by atoms with Gasteiger partial charge in [0, 0.05) is 6.10 Å². The van der Waals surface area contributed by atoms with Crippen LogP contribution in [0, 0.1) is 46.3 Å². The second-order valence-corrected chi connectivity index (χ2v) is 19.4. The Morgan fingerprint density at radius 2 is 1.74 bits per heavy atom. The van der Waals surface area contributed by atoms with E-state index in [2.05, 4.69) is 60.7 Å². The maximum atomic E-state index is 6.88. The van der Waals surface area contributed by atoms with E-state index in [1.54, 1.807) is 5.57 Å². The van der Waals surface area contributed by atoms with Gasteiger partial charge in [-0.3, -0.25) is 0 Å². The van der Waals surface area contributed by atoms with E-state index in [-0.39, 0.29) is 0 Å². The molecule has 4 aliphatic carbocycles. The Labute approximate surface area is 220 Å². The standard InChI is InChI=1S/C33H60OSi/c1-9-10-22-35(7,8)34-27-18-20-32(5)26(23-27)14-15-28-30-17-16-29(25(4)13-11-12-24(2)3)33(30,6)21-19-31(28)32/h14,24-25,27-31H,9-13,15-23H2,1-8H3/t25-,27?,28+,29-,30+,31+,32+,33-/m1/s1. The van der Waals surface area contributed by atoms with Crippen LogP contribution in [0.2, 0.25) is 19.1 Å². The number of rotatable bonds is 10. The molecular formula is C33H60OSi. The van der Waals surface area contributed by atoms with E-state index in [0.29, 0.717) is 16.9 Å². The quantitative estimate of drug-likeness (QED) is 0.214. The van der Waals surface area contributed by atoms with Crippen LogP contribution >= 0.6 is 0 Å². The molecule has 2 heteroatoms. The first-order valence-electron chi connectivity index (χ1n) is 15.9. The Kier molecular flexibility index (Phi) is 8.75. The second kappa shape index (κ2) is 11.0. The molecule has 3 fully saturated rings. The van der Waals surface area contributed by atoms with Gasteiger partial charge in [-0.2, -0.15) is 0 Å². The number of hydrogen-bond acceptors (Lipinski definition) is 1. The van der Waals surface area contributed by atoms with Crippen molar-refractivity contribution in [3.05, 3.63) is 11.6 Å². The van der Waals surface area contributed by atoms with Crippen molar-refractivity contribution < 1.29 is 4.43 Å². The summed E-state index contributed by atoms with van der Waals surface area (Å²) in [5.74, 6) is 5.60. The van der Waals surface area contributed by atoms with Crippen LogP contribution in [0.1, 0.15) is 125 Å². The van der Waals surface area contributed by atoms with Gasteiger partial charge < -0.3 is 4.43 Å². The highest BCUT2D eigenvalue weighted by molar-refractivity contribution is 6.71. The molecule has 3 saturated carbocycles. The Morgan fingerprint density at radius 3 is 2.46 bits per heavy atom. The van der Waals surface area contributed by atoms with Crippen LogP contribution in [0.15, 0.2) is 11.6 Å². The minimum Gasteiger partial charge on any atom is -0.414 e. The number of unbranched alkanes of at least 4 members (excludes halogenated alkanes) is 1. The molecule has 8 atom stereocenters. The molecule has 0 saturated heterocycles. The molecule has 1 nitrogen and oxygen atoms in total. The monoisotopic (exact) mass is 500 g/mol. The summed E-state index contributed by atoms with van der Waals surface area (Å²) in [6, 6.07) is 1.33. The van der Waals surface area contributed by atoms with Gasteiger partial charge in [-0.15, -0.1) is 0 Å². The molecule has 0 aromatic rings. The van der Waals surface area contributed by atoms with Crippen molar-refractivity contribution in [2.24, 2.45) is 46.3 Å². The van der Waals surface area contributed by atoms with Crippen LogP contribution in [-0.2, 0) is 4.43 Å². The minimum absolute atomic E-state index is 0.459. The zero-order chi connectivity index (χ0) is 25.4. The van der Waals surface area contributed by atoms with E-state index in [4.69, 9.17) is 4.43 Å². The molecule has 0 aromatic heterocycles. The third-order valence-corrected chi connectivity index (χ3v) is 14.4. The van der Waals surface area contributed by atoms with Gasteiger partial charge in [0.25, 0.3) is 0 Å². The minimum atomic E-state index is -1.52. The summed E-state index contributed by atoms with van der Waals surface area (Å²) in [5, 5.41) is 0. The molecule has 0 radical (unpaired) electrons. The SMILES string of the molecule is CCCC[Si](C)(C)OC1CC[C@@]2(C)C(=CC[C@H]3[C@@H]4CC[C@H]([C@H](C)CCCC(C)C)[C@@]4(C)CC[C@@H]32)C1. The maximum absolute atomic E-state index is 6.88. The first-order chi connectivity index (χ1) is 16.5. The van der Waals surface area contributed by atoms with Gasteiger partial charge in [0.15, 0.2) is 8.32 Å². The van der Waals surface area contributed by atoms with Gasteiger partial charge >= 0.3 is 0 Å². The Morgan fingerprint density at radius 1 is 0.971 bits per heavy atom. The van der Waals surface area contributed by atoms with E-state index in [0.717, 1.165) is 35.5 Å². The van der Waals surface area contributed by atoms with Crippen molar-refractivity contribution in [3.8, 4) is 0 Å². The van der Waals surface area contributed by atoms with Crippen LogP contribution in [-0.4, -0.2) is 14.4 Å². The number of hydrogen-bond donors (Lipinski definition) is 0. The summed E-state index contributed by atoms with van der Waals surface area (Å²) in [6.45, 7) is 20.0. The van der Waals surface area contributed by atoms with E-state index in [9.17, 15) is 0 Å².